The summed E-state index contributed by atoms with van der Waals surface area (Å²) in [5, 5.41) is 9.12. The molecule has 2 aromatic rings. The number of aromatic nitrogens is 1. The van der Waals surface area contributed by atoms with Gasteiger partial charge in [0.25, 0.3) is 0 Å². The lowest BCUT2D eigenvalue weighted by molar-refractivity contribution is 0.00425. The smallest absolute Gasteiger partial charge is 0.167 e. The van der Waals surface area contributed by atoms with Gasteiger partial charge in [0, 0.05) is 36.3 Å². The molecular weight excluding hydrogens is 442 g/mol. The second-order valence-electron chi connectivity index (χ2n) is 10.2. The fourth-order valence-corrected chi connectivity index (χ4v) is 6.62. The molecule has 6 rings (SSSR count). The highest BCUT2D eigenvalue weighted by molar-refractivity contribution is 7.80. The minimum Gasteiger partial charge on any atom is -0.497 e. The van der Waals surface area contributed by atoms with Gasteiger partial charge in [-0.1, -0.05) is 18.9 Å². The third-order valence-corrected chi connectivity index (χ3v) is 8.51. The van der Waals surface area contributed by atoms with Gasteiger partial charge in [0.2, 0.25) is 0 Å². The number of benzene rings is 1. The van der Waals surface area contributed by atoms with Crippen LogP contribution >= 0.6 is 12.2 Å². The lowest BCUT2D eigenvalue weighted by Gasteiger charge is -2.52. The summed E-state index contributed by atoms with van der Waals surface area (Å²) in [5.41, 5.74) is 8.60. The number of hydrogen-bond donors (Lipinski definition) is 3. The summed E-state index contributed by atoms with van der Waals surface area (Å²) in [7, 11) is 1.71. The summed E-state index contributed by atoms with van der Waals surface area (Å²) in [4.78, 5) is 7.26. The van der Waals surface area contributed by atoms with E-state index >= 15 is 0 Å². The number of thiocarbonyl (C=S) groups is 1. The molecule has 1 unspecified atom stereocenters. The number of hydrogen-bond acceptors (Lipinski definition) is 5. The molecule has 6 nitrogen and oxygen atoms in total. The van der Waals surface area contributed by atoms with Crippen LogP contribution in [0.1, 0.15) is 50.1 Å². The van der Waals surface area contributed by atoms with E-state index in [-0.39, 0.29) is 18.1 Å². The molecular formula is C27H37N5OS. The Morgan fingerprint density at radius 3 is 2.88 bits per heavy atom. The zero-order chi connectivity index (χ0) is 23.7. The molecule has 0 amide bonds. The summed E-state index contributed by atoms with van der Waals surface area (Å²) in [6.07, 6.45) is 11.0. The van der Waals surface area contributed by atoms with Crippen LogP contribution in [0, 0.1) is 11.8 Å². The third-order valence-electron chi connectivity index (χ3n) is 8.28. The summed E-state index contributed by atoms with van der Waals surface area (Å²) >= 11 is 5.88. The van der Waals surface area contributed by atoms with E-state index in [1.165, 1.54) is 24.8 Å². The first-order chi connectivity index (χ1) is 16.6. The molecule has 0 radical (unpaired) electrons. The van der Waals surface area contributed by atoms with Gasteiger partial charge in [-0.05, 0) is 86.1 Å². The Morgan fingerprint density at radius 2 is 2.15 bits per heavy atom. The molecule has 7 atom stereocenters. The molecule has 0 spiro atoms. The third kappa shape index (κ3) is 4.66. The van der Waals surface area contributed by atoms with Crippen molar-refractivity contribution in [3.8, 4) is 5.75 Å². The number of fused-ring (bicyclic) bond motifs is 4. The lowest BCUT2D eigenvalue weighted by Crippen LogP contribution is -2.59. The van der Waals surface area contributed by atoms with Crippen molar-refractivity contribution in [2.45, 2.75) is 62.7 Å². The van der Waals surface area contributed by atoms with Gasteiger partial charge in [0.1, 0.15) is 5.75 Å². The molecule has 1 aromatic carbocycles. The van der Waals surface area contributed by atoms with Gasteiger partial charge in [-0.2, -0.15) is 0 Å². The fraction of sp³-hybridized carbons (Fsp3) is 0.556. The first-order valence-corrected chi connectivity index (χ1v) is 13.1. The van der Waals surface area contributed by atoms with E-state index in [9.17, 15) is 0 Å². The molecule has 1 saturated carbocycles. The Morgan fingerprint density at radius 1 is 1.29 bits per heavy atom. The molecule has 4 N–H and O–H groups in total. The van der Waals surface area contributed by atoms with Crippen LogP contribution in [0.4, 0.5) is 0 Å². The SMILES string of the molecule is C=C[C@H]1CN2CC[C@H]1C[C@@H]2[C@@H](NC(=S)N[C@@H]1CCCC[C@H]1N)c1ccnc2ccc(OC)cc12. The van der Waals surface area contributed by atoms with Crippen LogP contribution in [0.15, 0.2) is 43.1 Å². The number of nitrogens with two attached hydrogens (primary N) is 1. The average molecular weight is 480 g/mol. The second kappa shape index (κ2) is 10.2. The van der Waals surface area contributed by atoms with E-state index < -0.39 is 0 Å². The van der Waals surface area contributed by atoms with Crippen LogP contribution < -0.4 is 21.1 Å². The molecule has 1 aliphatic carbocycles. The van der Waals surface area contributed by atoms with Gasteiger partial charge in [0.15, 0.2) is 5.11 Å². The second-order valence-corrected chi connectivity index (χ2v) is 10.6. The van der Waals surface area contributed by atoms with E-state index in [4.69, 9.17) is 22.7 Å². The number of methoxy groups -OCH3 is 1. The molecule has 34 heavy (non-hydrogen) atoms. The van der Waals surface area contributed by atoms with Crippen LogP contribution in [-0.2, 0) is 0 Å². The molecule has 182 valence electrons. The zero-order valence-corrected chi connectivity index (χ0v) is 20.9. The standard InChI is InChI=1S/C27H37N5OS/c1-3-17-16-32-13-11-18(17)14-25(32)26(31-27(34)30-24-7-5-4-6-22(24)28)20-10-12-29-23-9-8-19(33-2)15-21(20)23/h3,8-10,12,15,17-18,22,24-26H,1,4-7,11,13-14,16,28H2,2H3,(H2,30,31,34)/t17-,18-,22+,24+,25+,26-/m0/s1. The maximum atomic E-state index is 6.41. The van der Waals surface area contributed by atoms with Gasteiger partial charge in [-0.15, -0.1) is 6.58 Å². The Labute approximate surface area is 208 Å². The molecule has 4 heterocycles. The number of rotatable bonds is 6. The normalized spacial score (nSPS) is 31.6. The van der Waals surface area contributed by atoms with Crippen molar-refractivity contribution in [1.29, 1.82) is 0 Å². The number of pyridine rings is 1. The Kier molecular flexibility index (Phi) is 7.04. The van der Waals surface area contributed by atoms with Crippen LogP contribution in [0.25, 0.3) is 10.9 Å². The monoisotopic (exact) mass is 479 g/mol. The first-order valence-electron chi connectivity index (χ1n) is 12.7. The topological polar surface area (TPSA) is 75.4 Å². The molecule has 3 aliphatic heterocycles. The predicted molar refractivity (Wildman–Crippen MR) is 142 cm³/mol. The Bertz CT molecular complexity index is 1040. The van der Waals surface area contributed by atoms with E-state index in [1.807, 2.05) is 18.3 Å². The molecule has 1 aromatic heterocycles. The van der Waals surface area contributed by atoms with Crippen molar-refractivity contribution in [2.75, 3.05) is 20.2 Å². The number of piperidine rings is 3. The molecule has 7 heteroatoms. The Hall–Kier alpha value is -2.22. The zero-order valence-electron chi connectivity index (χ0n) is 20.1. The van der Waals surface area contributed by atoms with Crippen molar-refractivity contribution in [3.63, 3.8) is 0 Å². The van der Waals surface area contributed by atoms with Crippen molar-refractivity contribution >= 4 is 28.2 Å². The van der Waals surface area contributed by atoms with Gasteiger partial charge >= 0.3 is 0 Å². The summed E-state index contributed by atoms with van der Waals surface area (Å²) in [5.74, 6) is 2.09. The Balaban J connectivity index is 1.47. The summed E-state index contributed by atoms with van der Waals surface area (Å²) in [6, 6.07) is 9.04. The summed E-state index contributed by atoms with van der Waals surface area (Å²) in [6.45, 7) is 6.29. The van der Waals surface area contributed by atoms with Gasteiger partial charge in [0.05, 0.1) is 18.7 Å². The van der Waals surface area contributed by atoms with E-state index in [0.29, 0.717) is 23.0 Å². The largest absolute Gasteiger partial charge is 0.497 e. The highest BCUT2D eigenvalue weighted by atomic mass is 32.1. The molecule has 2 bridgehead atoms. The van der Waals surface area contributed by atoms with Crippen LogP contribution in [-0.4, -0.2) is 53.3 Å². The molecule has 4 fully saturated rings. The van der Waals surface area contributed by atoms with Crippen LogP contribution in [0.3, 0.4) is 0 Å². The van der Waals surface area contributed by atoms with Gasteiger partial charge in [-0.3, -0.25) is 9.88 Å². The number of nitrogens with one attached hydrogen (secondary N) is 2. The highest BCUT2D eigenvalue weighted by Crippen LogP contribution is 2.42. The fourth-order valence-electron chi connectivity index (χ4n) is 6.34. The number of ether oxygens (including phenoxy) is 1. The van der Waals surface area contributed by atoms with Crippen molar-refractivity contribution in [1.82, 2.24) is 20.5 Å². The van der Waals surface area contributed by atoms with E-state index in [1.54, 1.807) is 7.11 Å². The highest BCUT2D eigenvalue weighted by Gasteiger charge is 2.43. The van der Waals surface area contributed by atoms with Crippen LogP contribution in [0.5, 0.6) is 5.75 Å². The van der Waals surface area contributed by atoms with E-state index in [0.717, 1.165) is 49.0 Å². The maximum Gasteiger partial charge on any atom is 0.167 e. The van der Waals surface area contributed by atoms with Crippen molar-refractivity contribution in [2.24, 2.45) is 17.6 Å². The summed E-state index contributed by atoms with van der Waals surface area (Å²) < 4.78 is 5.55. The minimum atomic E-state index is 0.0472. The first kappa shape index (κ1) is 23.5. The maximum absolute atomic E-state index is 6.41. The van der Waals surface area contributed by atoms with Gasteiger partial charge in [-0.25, -0.2) is 0 Å². The predicted octanol–water partition coefficient (Wildman–Crippen LogP) is 3.91. The van der Waals surface area contributed by atoms with E-state index in [2.05, 4.69) is 45.3 Å². The van der Waals surface area contributed by atoms with Crippen molar-refractivity contribution < 1.29 is 4.74 Å². The van der Waals surface area contributed by atoms with Crippen molar-refractivity contribution in [3.05, 3.63) is 48.7 Å². The van der Waals surface area contributed by atoms with Gasteiger partial charge < -0.3 is 21.1 Å². The average Bonchev–Trinajstić information content (AvgIpc) is 2.88. The van der Waals surface area contributed by atoms with Crippen LogP contribution in [0.2, 0.25) is 0 Å². The lowest BCUT2D eigenvalue weighted by atomic mass is 9.73. The molecule has 4 aliphatic rings. The quantitative estimate of drug-likeness (QED) is 0.428. The number of nitrogens with zero attached hydrogens (tertiary/aromatic N) is 2. The minimum absolute atomic E-state index is 0.0472. The molecule has 3 saturated heterocycles.